The Bertz CT molecular complexity index is 905. The van der Waals surface area contributed by atoms with Gasteiger partial charge in [0, 0.05) is 17.8 Å². The van der Waals surface area contributed by atoms with Gasteiger partial charge in [0.2, 0.25) is 0 Å². The molecule has 1 amide bonds. The molecule has 0 aromatic carbocycles. The van der Waals surface area contributed by atoms with Gasteiger partial charge in [0.05, 0.1) is 11.6 Å². The first-order chi connectivity index (χ1) is 12.1. The number of amides is 1. The van der Waals surface area contributed by atoms with Gasteiger partial charge in [-0.25, -0.2) is 19.7 Å². The molecule has 0 saturated carbocycles. The quantitative estimate of drug-likeness (QED) is 0.688. The number of thiophene rings is 1. The van der Waals surface area contributed by atoms with Gasteiger partial charge in [0.15, 0.2) is 10.8 Å². The first kappa shape index (κ1) is 17.2. The second-order valence-corrected chi connectivity index (χ2v) is 6.82. The van der Waals surface area contributed by atoms with Gasteiger partial charge in [0.25, 0.3) is 5.91 Å². The van der Waals surface area contributed by atoms with Crippen LogP contribution in [0.1, 0.15) is 32.6 Å². The van der Waals surface area contributed by atoms with E-state index in [2.05, 4.69) is 20.3 Å². The Morgan fingerprint density at radius 1 is 1.28 bits per heavy atom. The maximum Gasteiger partial charge on any atom is 0.348 e. The topological polar surface area (TPSA) is 94.1 Å². The van der Waals surface area contributed by atoms with E-state index < -0.39 is 0 Å². The van der Waals surface area contributed by atoms with Gasteiger partial charge < -0.3 is 10.1 Å². The van der Waals surface area contributed by atoms with E-state index >= 15 is 0 Å². The highest BCUT2D eigenvalue weighted by Crippen LogP contribution is 2.28. The average molecular weight is 374 g/mol. The molecule has 0 atom stereocenters. The van der Waals surface area contributed by atoms with Crippen molar-refractivity contribution in [2.75, 3.05) is 11.9 Å². The van der Waals surface area contributed by atoms with Gasteiger partial charge in [0.1, 0.15) is 10.6 Å². The molecular formula is C16H14N4O3S2. The number of anilines is 1. The number of nitrogens with one attached hydrogen (secondary N) is 1. The maximum atomic E-state index is 12.4. The number of ether oxygens (including phenoxy) is 1. The zero-order valence-electron chi connectivity index (χ0n) is 13.5. The second kappa shape index (κ2) is 7.49. The zero-order valence-corrected chi connectivity index (χ0v) is 15.1. The van der Waals surface area contributed by atoms with E-state index in [4.69, 9.17) is 4.74 Å². The van der Waals surface area contributed by atoms with Gasteiger partial charge in [-0.2, -0.15) is 0 Å². The summed E-state index contributed by atoms with van der Waals surface area (Å²) >= 11 is 2.47. The fourth-order valence-electron chi connectivity index (χ4n) is 2.01. The molecular weight excluding hydrogens is 360 g/mol. The van der Waals surface area contributed by atoms with Crippen LogP contribution in [0.25, 0.3) is 10.8 Å². The Labute approximate surface area is 151 Å². The van der Waals surface area contributed by atoms with Crippen molar-refractivity contribution in [3.8, 4) is 10.8 Å². The fourth-order valence-corrected chi connectivity index (χ4v) is 3.72. The van der Waals surface area contributed by atoms with Crippen LogP contribution in [0.2, 0.25) is 0 Å². The second-order valence-electron chi connectivity index (χ2n) is 4.91. The van der Waals surface area contributed by atoms with Crippen molar-refractivity contribution in [1.29, 1.82) is 0 Å². The lowest BCUT2D eigenvalue weighted by Gasteiger charge is -1.99. The zero-order chi connectivity index (χ0) is 17.8. The summed E-state index contributed by atoms with van der Waals surface area (Å²) in [7, 11) is 0. The van der Waals surface area contributed by atoms with E-state index in [0.717, 1.165) is 5.56 Å². The van der Waals surface area contributed by atoms with Crippen LogP contribution >= 0.6 is 22.7 Å². The number of rotatable bonds is 5. The summed E-state index contributed by atoms with van der Waals surface area (Å²) in [5.41, 5.74) is 1.03. The molecule has 0 unspecified atom stereocenters. The summed E-state index contributed by atoms with van der Waals surface area (Å²) in [6.07, 6.45) is 3.24. The molecule has 0 spiro atoms. The van der Waals surface area contributed by atoms with Crippen LogP contribution in [0.4, 0.5) is 5.00 Å². The largest absolute Gasteiger partial charge is 0.462 e. The van der Waals surface area contributed by atoms with Crippen molar-refractivity contribution >= 4 is 39.6 Å². The summed E-state index contributed by atoms with van der Waals surface area (Å²) in [5, 5.41) is 5.54. The highest BCUT2D eigenvalue weighted by molar-refractivity contribution is 7.18. The van der Waals surface area contributed by atoms with Gasteiger partial charge in [-0.05, 0) is 31.5 Å². The minimum atomic E-state index is -0.386. The maximum absolute atomic E-state index is 12.4. The molecule has 0 bridgehead atoms. The number of hydrogen-bond donors (Lipinski definition) is 1. The molecule has 0 saturated heterocycles. The van der Waals surface area contributed by atoms with Crippen LogP contribution in [-0.4, -0.2) is 33.4 Å². The van der Waals surface area contributed by atoms with Crippen LogP contribution in [0.5, 0.6) is 0 Å². The average Bonchev–Trinajstić information content (AvgIpc) is 3.23. The molecule has 0 fully saturated rings. The number of nitrogens with zero attached hydrogens (tertiary/aromatic N) is 3. The lowest BCUT2D eigenvalue weighted by molar-refractivity contribution is 0.0531. The summed E-state index contributed by atoms with van der Waals surface area (Å²) in [5.74, 6) is -0.263. The van der Waals surface area contributed by atoms with Crippen LogP contribution < -0.4 is 5.32 Å². The standard InChI is InChI=1S/C16H14N4O3S2/c1-3-23-16(22)12-9(2)7-11(25-12)20-14(21)10-8-24-15(19-10)13-17-5-4-6-18-13/h4-8H,3H2,1-2H3,(H,20,21). The molecule has 7 nitrogen and oxygen atoms in total. The molecule has 0 aliphatic heterocycles. The summed E-state index contributed by atoms with van der Waals surface area (Å²) in [6.45, 7) is 3.85. The summed E-state index contributed by atoms with van der Waals surface area (Å²) in [4.78, 5) is 37.2. The van der Waals surface area contributed by atoms with E-state index in [1.165, 1.54) is 22.7 Å². The Hall–Kier alpha value is -2.65. The Balaban J connectivity index is 1.74. The third-order valence-corrected chi connectivity index (χ3v) is 5.08. The molecule has 3 aromatic heterocycles. The van der Waals surface area contributed by atoms with Crippen LogP contribution in [0, 0.1) is 6.92 Å². The highest BCUT2D eigenvalue weighted by atomic mass is 32.1. The number of esters is 1. The van der Waals surface area contributed by atoms with Gasteiger partial charge >= 0.3 is 5.97 Å². The Morgan fingerprint density at radius 3 is 2.76 bits per heavy atom. The van der Waals surface area contributed by atoms with Gasteiger partial charge in [-0.1, -0.05) is 0 Å². The smallest absolute Gasteiger partial charge is 0.348 e. The predicted octanol–water partition coefficient (Wildman–Crippen LogP) is 3.40. The van der Waals surface area contributed by atoms with E-state index in [-0.39, 0.29) is 17.6 Å². The van der Waals surface area contributed by atoms with Gasteiger partial charge in [-0.15, -0.1) is 22.7 Å². The highest BCUT2D eigenvalue weighted by Gasteiger charge is 2.18. The summed E-state index contributed by atoms with van der Waals surface area (Å²) in [6, 6.07) is 3.45. The van der Waals surface area contributed by atoms with Crippen molar-refractivity contribution in [1.82, 2.24) is 15.0 Å². The number of carbonyl (C=O) groups is 2. The van der Waals surface area contributed by atoms with E-state index in [9.17, 15) is 9.59 Å². The molecule has 3 rings (SSSR count). The third-order valence-electron chi connectivity index (χ3n) is 3.11. The lowest BCUT2D eigenvalue weighted by Crippen LogP contribution is -2.11. The third kappa shape index (κ3) is 3.89. The van der Waals surface area contributed by atoms with Crippen molar-refractivity contribution in [3.63, 3.8) is 0 Å². The van der Waals surface area contributed by atoms with Crippen molar-refractivity contribution in [2.24, 2.45) is 0 Å². The van der Waals surface area contributed by atoms with Crippen molar-refractivity contribution < 1.29 is 14.3 Å². The molecule has 3 aromatic rings. The van der Waals surface area contributed by atoms with E-state index in [1.54, 1.807) is 43.8 Å². The normalized spacial score (nSPS) is 10.5. The number of carbonyl (C=O) groups excluding carboxylic acids is 2. The number of aromatic nitrogens is 3. The minimum Gasteiger partial charge on any atom is -0.462 e. The summed E-state index contributed by atoms with van der Waals surface area (Å²) < 4.78 is 5.00. The number of aryl methyl sites for hydroxylation is 1. The Morgan fingerprint density at radius 2 is 2.04 bits per heavy atom. The molecule has 0 aliphatic rings. The first-order valence-electron chi connectivity index (χ1n) is 7.40. The lowest BCUT2D eigenvalue weighted by atomic mass is 10.3. The fraction of sp³-hybridized carbons (Fsp3) is 0.188. The first-order valence-corrected chi connectivity index (χ1v) is 9.10. The van der Waals surface area contributed by atoms with Crippen molar-refractivity contribution in [2.45, 2.75) is 13.8 Å². The van der Waals surface area contributed by atoms with E-state index in [1.807, 2.05) is 0 Å². The van der Waals surface area contributed by atoms with Crippen molar-refractivity contribution in [3.05, 3.63) is 46.0 Å². The van der Waals surface area contributed by atoms with Crippen LogP contribution in [-0.2, 0) is 4.74 Å². The molecule has 0 radical (unpaired) electrons. The molecule has 128 valence electrons. The molecule has 25 heavy (non-hydrogen) atoms. The molecule has 3 heterocycles. The predicted molar refractivity (Wildman–Crippen MR) is 96.1 cm³/mol. The van der Waals surface area contributed by atoms with Crippen LogP contribution in [0.3, 0.4) is 0 Å². The SMILES string of the molecule is CCOC(=O)c1sc(NC(=O)c2csc(-c3ncccn3)n2)cc1C. The minimum absolute atomic E-state index is 0.274. The number of thiazole rings is 1. The molecule has 1 N–H and O–H groups in total. The van der Waals surface area contributed by atoms with Crippen LogP contribution in [0.15, 0.2) is 29.9 Å². The van der Waals surface area contributed by atoms with Gasteiger partial charge in [-0.3, -0.25) is 4.79 Å². The number of hydrogen-bond acceptors (Lipinski definition) is 8. The molecule has 9 heteroatoms. The van der Waals surface area contributed by atoms with E-state index in [0.29, 0.717) is 27.3 Å². The Kier molecular flexibility index (Phi) is 5.15. The molecule has 0 aliphatic carbocycles. The monoisotopic (exact) mass is 374 g/mol.